The molecule has 0 atom stereocenters. The van der Waals surface area contributed by atoms with Crippen LogP contribution in [0, 0.1) is 0 Å². The fraction of sp³-hybridized carbons (Fsp3) is 0.474. The lowest BCUT2D eigenvalue weighted by molar-refractivity contribution is 0.0958. The van der Waals surface area contributed by atoms with E-state index < -0.39 is 0 Å². The molecule has 0 amide bonds. The summed E-state index contributed by atoms with van der Waals surface area (Å²) in [6.45, 7) is 4.09. The van der Waals surface area contributed by atoms with Crippen molar-refractivity contribution in [3.8, 4) is 5.75 Å². The van der Waals surface area contributed by atoms with E-state index in [0.717, 1.165) is 68.4 Å². The number of hydrogen-bond acceptors (Lipinski definition) is 4. The summed E-state index contributed by atoms with van der Waals surface area (Å²) < 4.78 is 8.61. The highest BCUT2D eigenvalue weighted by atomic mass is 16.5. The van der Waals surface area contributed by atoms with Crippen LogP contribution in [0.25, 0.3) is 10.9 Å². The molecule has 1 saturated heterocycles. The van der Waals surface area contributed by atoms with Crippen molar-refractivity contribution in [2.75, 3.05) is 13.1 Å². The van der Waals surface area contributed by atoms with Crippen LogP contribution in [0.3, 0.4) is 0 Å². The molecule has 0 saturated carbocycles. The first-order chi connectivity index (χ1) is 12.4. The van der Waals surface area contributed by atoms with Crippen molar-refractivity contribution in [3.05, 3.63) is 42.1 Å². The molecule has 1 fully saturated rings. The van der Waals surface area contributed by atoms with Crippen LogP contribution in [0.15, 0.2) is 30.5 Å². The van der Waals surface area contributed by atoms with Gasteiger partial charge in [-0.1, -0.05) is 6.07 Å². The number of piperidine rings is 1. The van der Waals surface area contributed by atoms with Gasteiger partial charge in [-0.05, 0) is 37.5 Å². The van der Waals surface area contributed by atoms with E-state index in [0.29, 0.717) is 6.10 Å². The van der Waals surface area contributed by atoms with E-state index in [4.69, 9.17) is 4.74 Å². The Morgan fingerprint density at radius 3 is 2.96 bits per heavy atom. The zero-order valence-corrected chi connectivity index (χ0v) is 14.3. The van der Waals surface area contributed by atoms with E-state index in [1.807, 2.05) is 6.20 Å². The molecule has 0 bridgehead atoms. The summed E-state index contributed by atoms with van der Waals surface area (Å²) in [6, 6.07) is 8.30. The second-order valence-electron chi connectivity index (χ2n) is 7.08. The Morgan fingerprint density at radius 1 is 1.12 bits per heavy atom. The molecule has 5 rings (SSSR count). The van der Waals surface area contributed by atoms with E-state index in [9.17, 15) is 0 Å². The number of aryl methyl sites for hydroxylation is 1. The first-order valence-electron chi connectivity index (χ1n) is 9.23. The van der Waals surface area contributed by atoms with Crippen molar-refractivity contribution in [2.24, 2.45) is 0 Å². The predicted molar refractivity (Wildman–Crippen MR) is 95.6 cm³/mol. The van der Waals surface area contributed by atoms with Crippen LogP contribution >= 0.6 is 0 Å². The molecule has 2 aliphatic rings. The van der Waals surface area contributed by atoms with Crippen LogP contribution < -0.4 is 4.74 Å². The van der Waals surface area contributed by atoms with E-state index >= 15 is 0 Å². The van der Waals surface area contributed by atoms with Gasteiger partial charge in [-0.15, -0.1) is 10.2 Å². The summed E-state index contributed by atoms with van der Waals surface area (Å²) in [4.78, 5) is 5.72. The summed E-state index contributed by atoms with van der Waals surface area (Å²) in [5.41, 5.74) is 1.13. The molecule has 25 heavy (non-hydrogen) atoms. The number of ether oxygens (including phenoxy) is 1. The molecule has 130 valence electrons. The molecule has 1 aromatic carbocycles. The maximum absolute atomic E-state index is 6.30. The second kappa shape index (κ2) is 6.19. The summed E-state index contributed by atoms with van der Waals surface area (Å²) in [6.07, 6.45) is 6.66. The van der Waals surface area contributed by atoms with Crippen molar-refractivity contribution < 1.29 is 4.74 Å². The zero-order valence-electron chi connectivity index (χ0n) is 14.3. The van der Waals surface area contributed by atoms with Gasteiger partial charge in [0.15, 0.2) is 0 Å². The Labute approximate surface area is 146 Å². The minimum absolute atomic E-state index is 0.292. The van der Waals surface area contributed by atoms with Gasteiger partial charge in [0, 0.05) is 43.2 Å². The summed E-state index contributed by atoms with van der Waals surface area (Å²) in [5, 5.41) is 9.87. The molecular weight excluding hydrogens is 314 g/mol. The van der Waals surface area contributed by atoms with Gasteiger partial charge < -0.3 is 14.3 Å². The number of nitrogens with zero attached hydrogens (tertiary/aromatic N) is 4. The number of hydrogen-bond donors (Lipinski definition) is 1. The van der Waals surface area contributed by atoms with Crippen LogP contribution in [0.1, 0.15) is 30.9 Å². The number of aromatic amines is 1. The lowest BCUT2D eigenvalue weighted by Gasteiger charge is -2.31. The van der Waals surface area contributed by atoms with E-state index in [-0.39, 0.29) is 0 Å². The topological polar surface area (TPSA) is 59.0 Å². The lowest BCUT2D eigenvalue weighted by Crippen LogP contribution is -2.38. The van der Waals surface area contributed by atoms with Gasteiger partial charge in [0.1, 0.15) is 23.5 Å². The van der Waals surface area contributed by atoms with Gasteiger partial charge >= 0.3 is 0 Å². The Bertz CT molecular complexity index is 875. The molecule has 6 nitrogen and oxygen atoms in total. The molecule has 4 heterocycles. The van der Waals surface area contributed by atoms with Gasteiger partial charge in [-0.2, -0.15) is 0 Å². The quantitative estimate of drug-likeness (QED) is 0.795. The van der Waals surface area contributed by atoms with Crippen molar-refractivity contribution in [1.29, 1.82) is 0 Å². The van der Waals surface area contributed by atoms with Crippen molar-refractivity contribution in [1.82, 2.24) is 24.6 Å². The minimum Gasteiger partial charge on any atom is -0.490 e. The Hall–Kier alpha value is -2.34. The van der Waals surface area contributed by atoms with Crippen molar-refractivity contribution in [3.63, 3.8) is 0 Å². The summed E-state index contributed by atoms with van der Waals surface area (Å²) in [5.74, 6) is 3.28. The smallest absolute Gasteiger partial charge is 0.147 e. The maximum Gasteiger partial charge on any atom is 0.147 e. The second-order valence-corrected chi connectivity index (χ2v) is 7.08. The average Bonchev–Trinajstić information content (AvgIpc) is 3.35. The third-order valence-electron chi connectivity index (χ3n) is 5.43. The van der Waals surface area contributed by atoms with E-state index in [1.54, 1.807) is 0 Å². The maximum atomic E-state index is 6.30. The molecule has 2 aliphatic heterocycles. The standard InChI is InChI=1S/C19H23N5O/c1-3-16-15(6-9-20-16)17(4-1)25-14-7-11-23(12-8-14)13-19-22-21-18-5-2-10-24(18)19/h1,3-4,6,9,14,20H,2,5,7-8,10-13H2. The van der Waals surface area contributed by atoms with Gasteiger partial charge in [-0.3, -0.25) is 4.90 Å². The van der Waals surface area contributed by atoms with Gasteiger partial charge in [0.2, 0.25) is 0 Å². The van der Waals surface area contributed by atoms with Gasteiger partial charge in [-0.25, -0.2) is 0 Å². The van der Waals surface area contributed by atoms with Crippen molar-refractivity contribution >= 4 is 10.9 Å². The van der Waals surface area contributed by atoms with Crippen molar-refractivity contribution in [2.45, 2.75) is 44.9 Å². The Balaban J connectivity index is 1.21. The van der Waals surface area contributed by atoms with Crippen LogP contribution in [0.2, 0.25) is 0 Å². The van der Waals surface area contributed by atoms with Crippen LogP contribution in [-0.2, 0) is 19.5 Å². The monoisotopic (exact) mass is 337 g/mol. The number of likely N-dealkylation sites (tertiary alicyclic amines) is 1. The number of nitrogens with one attached hydrogen (secondary N) is 1. The molecule has 0 spiro atoms. The first kappa shape index (κ1) is 15.0. The fourth-order valence-corrected chi connectivity index (χ4v) is 4.05. The normalized spacial score (nSPS) is 18.7. The molecular formula is C19H23N5O. The largest absolute Gasteiger partial charge is 0.490 e. The van der Waals surface area contributed by atoms with E-state index in [2.05, 4.69) is 48.9 Å². The number of H-pyrrole nitrogens is 1. The number of aromatic nitrogens is 4. The molecule has 1 N–H and O–H groups in total. The Kier molecular flexibility index (Phi) is 3.70. The van der Waals surface area contributed by atoms with Gasteiger partial charge in [0.25, 0.3) is 0 Å². The number of benzene rings is 1. The predicted octanol–water partition coefficient (Wildman–Crippen LogP) is 2.75. The lowest BCUT2D eigenvalue weighted by atomic mass is 10.1. The molecule has 3 aromatic rings. The fourth-order valence-electron chi connectivity index (χ4n) is 4.05. The van der Waals surface area contributed by atoms with E-state index in [1.165, 1.54) is 11.8 Å². The molecule has 0 unspecified atom stereocenters. The highest BCUT2D eigenvalue weighted by Gasteiger charge is 2.24. The van der Waals surface area contributed by atoms with Crippen LogP contribution in [0.4, 0.5) is 0 Å². The van der Waals surface area contributed by atoms with Gasteiger partial charge in [0.05, 0.1) is 6.54 Å². The highest BCUT2D eigenvalue weighted by molar-refractivity contribution is 5.85. The highest BCUT2D eigenvalue weighted by Crippen LogP contribution is 2.28. The van der Waals surface area contributed by atoms with Crippen LogP contribution in [-0.4, -0.2) is 43.8 Å². The molecule has 0 aliphatic carbocycles. The Morgan fingerprint density at radius 2 is 2.04 bits per heavy atom. The average molecular weight is 337 g/mol. The summed E-state index contributed by atoms with van der Waals surface area (Å²) >= 11 is 0. The molecule has 0 radical (unpaired) electrons. The zero-order chi connectivity index (χ0) is 16.6. The third-order valence-corrected chi connectivity index (χ3v) is 5.43. The minimum atomic E-state index is 0.292. The SMILES string of the molecule is c1cc(OC2CCN(Cc3nnc4n3CCC4)CC2)c2cc[nH]c2c1. The summed E-state index contributed by atoms with van der Waals surface area (Å²) in [7, 11) is 0. The molecule has 6 heteroatoms. The third kappa shape index (κ3) is 2.80. The first-order valence-corrected chi connectivity index (χ1v) is 9.23. The number of rotatable bonds is 4. The molecule has 2 aromatic heterocycles. The van der Waals surface area contributed by atoms with Crippen LogP contribution in [0.5, 0.6) is 5.75 Å². The number of fused-ring (bicyclic) bond motifs is 2.